The van der Waals surface area contributed by atoms with Crippen molar-refractivity contribution in [2.75, 3.05) is 13.1 Å². The first-order valence-electron chi connectivity index (χ1n) is 8.55. The average molecular weight is 287 g/mol. The second-order valence-corrected chi connectivity index (χ2v) is 7.76. The van der Waals surface area contributed by atoms with Crippen molar-refractivity contribution >= 4 is 0 Å². The monoisotopic (exact) mass is 287 g/mol. The second kappa shape index (κ2) is 5.68. The Hall–Kier alpha value is -0.960. The molecule has 1 aliphatic carbocycles. The lowest BCUT2D eigenvalue weighted by atomic mass is 9.57. The lowest BCUT2D eigenvalue weighted by molar-refractivity contribution is 0.00363. The van der Waals surface area contributed by atoms with E-state index in [0.29, 0.717) is 23.3 Å². The van der Waals surface area contributed by atoms with Crippen LogP contribution in [0.1, 0.15) is 76.6 Å². The summed E-state index contributed by atoms with van der Waals surface area (Å²) < 4.78 is 0. The van der Waals surface area contributed by atoms with Gasteiger partial charge in [-0.15, -0.1) is 0 Å². The molecular formula is C18H29N3. The van der Waals surface area contributed by atoms with E-state index in [1.54, 1.807) is 0 Å². The molecule has 116 valence electrons. The van der Waals surface area contributed by atoms with Gasteiger partial charge in [-0.3, -0.25) is 0 Å². The number of rotatable bonds is 3. The van der Waals surface area contributed by atoms with Crippen molar-refractivity contribution in [3.63, 3.8) is 0 Å². The van der Waals surface area contributed by atoms with E-state index in [1.807, 2.05) is 12.4 Å². The van der Waals surface area contributed by atoms with E-state index in [-0.39, 0.29) is 0 Å². The SMILES string of the molecule is CC(C)c1cnc(C2CC3(CCN(C(C)C)CC3)C2)nc1. The summed E-state index contributed by atoms with van der Waals surface area (Å²) in [6.45, 7) is 11.6. The molecule has 1 aromatic heterocycles. The van der Waals surface area contributed by atoms with Crippen molar-refractivity contribution in [3.8, 4) is 0 Å². The van der Waals surface area contributed by atoms with Crippen LogP contribution in [0.4, 0.5) is 0 Å². The maximum absolute atomic E-state index is 4.62. The van der Waals surface area contributed by atoms with Crippen LogP contribution in [0.5, 0.6) is 0 Å². The van der Waals surface area contributed by atoms with Gasteiger partial charge >= 0.3 is 0 Å². The van der Waals surface area contributed by atoms with Gasteiger partial charge in [-0.05, 0) is 69.5 Å². The predicted octanol–water partition coefficient (Wildman–Crippen LogP) is 3.97. The summed E-state index contributed by atoms with van der Waals surface area (Å²) in [7, 11) is 0. The van der Waals surface area contributed by atoms with Crippen LogP contribution in [0, 0.1) is 5.41 Å². The largest absolute Gasteiger partial charge is 0.301 e. The van der Waals surface area contributed by atoms with E-state index < -0.39 is 0 Å². The van der Waals surface area contributed by atoms with Crippen LogP contribution in [-0.2, 0) is 0 Å². The van der Waals surface area contributed by atoms with E-state index in [9.17, 15) is 0 Å². The first kappa shape index (κ1) is 15.0. The maximum atomic E-state index is 4.62. The van der Waals surface area contributed by atoms with E-state index in [4.69, 9.17) is 0 Å². The van der Waals surface area contributed by atoms with Crippen LogP contribution in [0.2, 0.25) is 0 Å². The van der Waals surface area contributed by atoms with Crippen molar-refractivity contribution in [2.24, 2.45) is 5.41 Å². The zero-order chi connectivity index (χ0) is 15.0. The molecule has 0 amide bonds. The van der Waals surface area contributed by atoms with Gasteiger partial charge in [0, 0.05) is 24.4 Å². The summed E-state index contributed by atoms with van der Waals surface area (Å²) in [6, 6.07) is 0.699. The molecule has 3 nitrogen and oxygen atoms in total. The van der Waals surface area contributed by atoms with Gasteiger partial charge in [0.05, 0.1) is 0 Å². The highest BCUT2D eigenvalue weighted by Gasteiger charge is 2.47. The number of likely N-dealkylation sites (tertiary alicyclic amines) is 1. The minimum atomic E-state index is 0.521. The zero-order valence-corrected chi connectivity index (χ0v) is 14.0. The van der Waals surface area contributed by atoms with Gasteiger partial charge in [0.1, 0.15) is 5.82 Å². The third-order valence-electron chi connectivity index (χ3n) is 5.67. The lowest BCUT2D eigenvalue weighted by Crippen LogP contribution is -2.48. The first-order chi connectivity index (χ1) is 9.99. The Balaban J connectivity index is 1.56. The molecule has 3 heteroatoms. The van der Waals surface area contributed by atoms with Crippen molar-refractivity contribution in [2.45, 2.75) is 71.3 Å². The van der Waals surface area contributed by atoms with Crippen LogP contribution < -0.4 is 0 Å². The van der Waals surface area contributed by atoms with Gasteiger partial charge < -0.3 is 4.90 Å². The van der Waals surface area contributed by atoms with E-state index in [1.165, 1.54) is 44.3 Å². The quantitative estimate of drug-likeness (QED) is 0.842. The maximum Gasteiger partial charge on any atom is 0.131 e. The molecule has 2 heterocycles. The number of nitrogens with zero attached hydrogens (tertiary/aromatic N) is 3. The van der Waals surface area contributed by atoms with Crippen molar-refractivity contribution < 1.29 is 0 Å². The van der Waals surface area contributed by atoms with Gasteiger partial charge in [0.15, 0.2) is 0 Å². The van der Waals surface area contributed by atoms with Gasteiger partial charge in [-0.1, -0.05) is 13.8 Å². The minimum Gasteiger partial charge on any atom is -0.301 e. The van der Waals surface area contributed by atoms with E-state index in [2.05, 4.69) is 42.6 Å². The molecule has 1 saturated heterocycles. The number of aromatic nitrogens is 2. The predicted molar refractivity (Wildman–Crippen MR) is 86.5 cm³/mol. The molecule has 0 unspecified atom stereocenters. The van der Waals surface area contributed by atoms with Crippen LogP contribution >= 0.6 is 0 Å². The highest BCUT2D eigenvalue weighted by atomic mass is 15.2. The topological polar surface area (TPSA) is 29.0 Å². The summed E-state index contributed by atoms with van der Waals surface area (Å²) in [4.78, 5) is 11.9. The molecule has 1 spiro atoms. The first-order valence-corrected chi connectivity index (χ1v) is 8.55. The van der Waals surface area contributed by atoms with Gasteiger partial charge in [0.2, 0.25) is 0 Å². The second-order valence-electron chi connectivity index (χ2n) is 7.76. The van der Waals surface area contributed by atoms with E-state index >= 15 is 0 Å². The molecule has 0 aromatic carbocycles. The van der Waals surface area contributed by atoms with Crippen LogP contribution in [0.3, 0.4) is 0 Å². The highest BCUT2D eigenvalue weighted by Crippen LogP contribution is 2.56. The van der Waals surface area contributed by atoms with E-state index in [0.717, 1.165) is 5.82 Å². The molecule has 21 heavy (non-hydrogen) atoms. The zero-order valence-electron chi connectivity index (χ0n) is 14.0. The van der Waals surface area contributed by atoms with Crippen molar-refractivity contribution in [1.82, 2.24) is 14.9 Å². The molecule has 0 bridgehead atoms. The minimum absolute atomic E-state index is 0.521. The fraction of sp³-hybridized carbons (Fsp3) is 0.778. The Bertz CT molecular complexity index is 462. The summed E-state index contributed by atoms with van der Waals surface area (Å²) in [6.07, 6.45) is 9.40. The summed E-state index contributed by atoms with van der Waals surface area (Å²) in [5, 5.41) is 0. The normalized spacial score (nSPS) is 23.0. The Morgan fingerprint density at radius 2 is 1.62 bits per heavy atom. The molecule has 1 aromatic rings. The molecule has 0 radical (unpaired) electrons. The highest BCUT2D eigenvalue weighted by molar-refractivity contribution is 5.15. The number of hydrogen-bond acceptors (Lipinski definition) is 3. The Morgan fingerprint density at radius 3 is 2.10 bits per heavy atom. The fourth-order valence-corrected chi connectivity index (χ4v) is 3.95. The van der Waals surface area contributed by atoms with Crippen LogP contribution in [0.25, 0.3) is 0 Å². The lowest BCUT2D eigenvalue weighted by Gasteiger charge is -2.52. The van der Waals surface area contributed by atoms with Gasteiger partial charge in [-0.2, -0.15) is 0 Å². The Labute approximate surface area is 129 Å². The molecule has 1 saturated carbocycles. The molecule has 3 rings (SSSR count). The standard InChI is InChI=1S/C18H29N3/c1-13(2)16-11-19-17(20-12-16)15-9-18(10-15)5-7-21(8-6-18)14(3)4/h11-15H,5-10H2,1-4H3. The molecule has 2 fully saturated rings. The summed E-state index contributed by atoms with van der Waals surface area (Å²) in [5.41, 5.74) is 1.86. The average Bonchev–Trinajstić information content (AvgIpc) is 2.45. The Morgan fingerprint density at radius 1 is 1.05 bits per heavy atom. The summed E-state index contributed by atoms with van der Waals surface area (Å²) in [5.74, 6) is 2.21. The molecule has 0 N–H and O–H groups in total. The van der Waals surface area contributed by atoms with Crippen LogP contribution in [0.15, 0.2) is 12.4 Å². The van der Waals surface area contributed by atoms with Crippen molar-refractivity contribution in [1.29, 1.82) is 0 Å². The van der Waals surface area contributed by atoms with Crippen LogP contribution in [-0.4, -0.2) is 34.0 Å². The molecule has 0 atom stereocenters. The smallest absolute Gasteiger partial charge is 0.131 e. The third-order valence-corrected chi connectivity index (χ3v) is 5.67. The van der Waals surface area contributed by atoms with Gasteiger partial charge in [-0.25, -0.2) is 9.97 Å². The van der Waals surface area contributed by atoms with Crippen molar-refractivity contribution in [3.05, 3.63) is 23.8 Å². The number of piperidine rings is 1. The number of hydrogen-bond donors (Lipinski definition) is 0. The molecular weight excluding hydrogens is 258 g/mol. The summed E-state index contributed by atoms with van der Waals surface area (Å²) >= 11 is 0. The van der Waals surface area contributed by atoms with Gasteiger partial charge in [0.25, 0.3) is 0 Å². The fourth-order valence-electron chi connectivity index (χ4n) is 3.95. The molecule has 2 aliphatic rings. The Kier molecular flexibility index (Phi) is 4.04. The third kappa shape index (κ3) is 2.98. The molecule has 1 aliphatic heterocycles.